The fourth-order valence-electron chi connectivity index (χ4n) is 1.64. The molecule has 21 heavy (non-hydrogen) atoms. The maximum atomic E-state index is 12.1. The summed E-state index contributed by atoms with van der Waals surface area (Å²) in [6.07, 6.45) is -0.0430. The number of phenols is 1. The molecule has 0 aliphatic heterocycles. The molecule has 0 spiro atoms. The molecule has 1 aromatic rings. The van der Waals surface area contributed by atoms with Gasteiger partial charge in [-0.25, -0.2) is 17.9 Å². The van der Waals surface area contributed by atoms with Crippen LogP contribution in [0.1, 0.15) is 22.3 Å². The van der Waals surface area contributed by atoms with Crippen molar-refractivity contribution in [3.05, 3.63) is 23.3 Å². The molecule has 8 nitrogen and oxygen atoms in total. The molecule has 0 heterocycles. The molecule has 0 aliphatic rings. The van der Waals surface area contributed by atoms with Crippen LogP contribution in [0.2, 0.25) is 0 Å². The number of carbonyl (C=O) groups is 2. The number of aryl methyl sites for hydroxylation is 1. The Hall–Kier alpha value is -2.13. The monoisotopic (exact) mass is 316 g/mol. The second-order valence-corrected chi connectivity index (χ2v) is 6.00. The first kappa shape index (κ1) is 16.9. The minimum atomic E-state index is -3.97. The summed E-state index contributed by atoms with van der Waals surface area (Å²) in [4.78, 5) is 21.7. The van der Waals surface area contributed by atoms with E-state index >= 15 is 0 Å². The van der Waals surface area contributed by atoms with Gasteiger partial charge >= 0.3 is 5.97 Å². The number of carboxylic acids is 1. The Morgan fingerprint density at radius 3 is 2.43 bits per heavy atom. The zero-order valence-corrected chi connectivity index (χ0v) is 12.3. The second kappa shape index (κ2) is 6.55. The van der Waals surface area contributed by atoms with Crippen molar-refractivity contribution >= 4 is 21.9 Å². The molecule has 0 unspecified atom stereocenters. The van der Waals surface area contributed by atoms with Gasteiger partial charge in [-0.05, 0) is 24.6 Å². The summed E-state index contributed by atoms with van der Waals surface area (Å²) >= 11 is 0. The van der Waals surface area contributed by atoms with Gasteiger partial charge in [-0.2, -0.15) is 0 Å². The predicted octanol–water partition coefficient (Wildman–Crippen LogP) is -0.187. The van der Waals surface area contributed by atoms with E-state index in [0.717, 1.165) is 12.1 Å². The lowest BCUT2D eigenvalue weighted by Crippen LogP contribution is -2.29. The van der Waals surface area contributed by atoms with Crippen LogP contribution < -0.4 is 10.0 Å². The summed E-state index contributed by atoms with van der Waals surface area (Å²) < 4.78 is 26.4. The molecule has 0 radical (unpaired) electrons. The van der Waals surface area contributed by atoms with E-state index in [9.17, 15) is 23.1 Å². The van der Waals surface area contributed by atoms with Crippen LogP contribution in [0, 0.1) is 6.92 Å². The molecule has 0 saturated carbocycles. The SMILES string of the molecule is CNC(=O)CCNS(=O)(=O)c1cc(C(=O)O)c(O)cc1C. The van der Waals surface area contributed by atoms with Crippen LogP contribution >= 0.6 is 0 Å². The first-order valence-electron chi connectivity index (χ1n) is 5.96. The second-order valence-electron chi connectivity index (χ2n) is 4.26. The lowest BCUT2D eigenvalue weighted by molar-refractivity contribution is -0.120. The van der Waals surface area contributed by atoms with Crippen molar-refractivity contribution in [2.75, 3.05) is 13.6 Å². The molecule has 9 heteroatoms. The molecule has 116 valence electrons. The van der Waals surface area contributed by atoms with Crippen LogP contribution in [-0.4, -0.2) is 44.1 Å². The van der Waals surface area contributed by atoms with E-state index in [-0.39, 0.29) is 29.3 Å². The average Bonchev–Trinajstić information content (AvgIpc) is 2.37. The normalized spacial score (nSPS) is 11.1. The number of nitrogens with one attached hydrogen (secondary N) is 2. The number of amides is 1. The predicted molar refractivity (Wildman–Crippen MR) is 73.7 cm³/mol. The van der Waals surface area contributed by atoms with E-state index < -0.39 is 27.3 Å². The molecule has 4 N–H and O–H groups in total. The largest absolute Gasteiger partial charge is 0.507 e. The summed E-state index contributed by atoms with van der Waals surface area (Å²) in [5.41, 5.74) is -0.308. The highest BCUT2D eigenvalue weighted by Crippen LogP contribution is 2.25. The summed E-state index contributed by atoms with van der Waals surface area (Å²) in [5, 5.41) is 20.7. The molecule has 0 aromatic heterocycles. The van der Waals surface area contributed by atoms with Crippen LogP contribution in [0.5, 0.6) is 5.75 Å². The highest BCUT2D eigenvalue weighted by Gasteiger charge is 2.21. The number of sulfonamides is 1. The number of hydrogen-bond donors (Lipinski definition) is 4. The number of benzene rings is 1. The van der Waals surface area contributed by atoms with E-state index in [0.29, 0.717) is 0 Å². The molecule has 0 saturated heterocycles. The smallest absolute Gasteiger partial charge is 0.339 e. The maximum absolute atomic E-state index is 12.1. The highest BCUT2D eigenvalue weighted by atomic mass is 32.2. The number of aromatic hydroxyl groups is 1. The minimum absolute atomic E-state index is 0.0430. The third kappa shape index (κ3) is 4.17. The van der Waals surface area contributed by atoms with Crippen LogP contribution in [-0.2, 0) is 14.8 Å². The van der Waals surface area contributed by atoms with Crippen molar-refractivity contribution in [2.24, 2.45) is 0 Å². The first-order valence-corrected chi connectivity index (χ1v) is 7.44. The van der Waals surface area contributed by atoms with Gasteiger partial charge in [-0.15, -0.1) is 0 Å². The van der Waals surface area contributed by atoms with Gasteiger partial charge in [0.15, 0.2) is 0 Å². The number of hydrogen-bond acceptors (Lipinski definition) is 5. The van der Waals surface area contributed by atoms with E-state index in [4.69, 9.17) is 5.11 Å². The van der Waals surface area contributed by atoms with E-state index in [1.54, 1.807) is 0 Å². The van der Waals surface area contributed by atoms with Crippen molar-refractivity contribution in [3.8, 4) is 5.75 Å². The number of carbonyl (C=O) groups excluding carboxylic acids is 1. The van der Waals surface area contributed by atoms with Crippen molar-refractivity contribution in [3.63, 3.8) is 0 Å². The Morgan fingerprint density at radius 2 is 1.90 bits per heavy atom. The zero-order chi connectivity index (χ0) is 16.2. The van der Waals surface area contributed by atoms with Crippen LogP contribution in [0.3, 0.4) is 0 Å². The van der Waals surface area contributed by atoms with Gasteiger partial charge in [-0.3, -0.25) is 4.79 Å². The van der Waals surface area contributed by atoms with Gasteiger partial charge in [-0.1, -0.05) is 0 Å². The van der Waals surface area contributed by atoms with Crippen molar-refractivity contribution in [2.45, 2.75) is 18.2 Å². The van der Waals surface area contributed by atoms with Gasteiger partial charge in [0.2, 0.25) is 15.9 Å². The third-order valence-corrected chi connectivity index (χ3v) is 4.34. The minimum Gasteiger partial charge on any atom is -0.507 e. The van der Waals surface area contributed by atoms with E-state index in [1.807, 2.05) is 0 Å². The molecule has 0 aliphatic carbocycles. The number of aromatic carboxylic acids is 1. The molecule has 0 fully saturated rings. The van der Waals surface area contributed by atoms with Gasteiger partial charge in [0.05, 0.1) is 4.90 Å². The third-order valence-electron chi connectivity index (χ3n) is 2.74. The van der Waals surface area contributed by atoms with Crippen LogP contribution in [0.15, 0.2) is 17.0 Å². The molecule has 1 amide bonds. The molecule has 0 bridgehead atoms. The summed E-state index contributed by atoms with van der Waals surface area (Å²) in [5.74, 6) is -2.27. The van der Waals surface area contributed by atoms with Crippen molar-refractivity contribution < 1.29 is 28.2 Å². The topological polar surface area (TPSA) is 133 Å². The highest BCUT2D eigenvalue weighted by molar-refractivity contribution is 7.89. The van der Waals surface area contributed by atoms with E-state index in [1.165, 1.54) is 14.0 Å². The summed E-state index contributed by atoms with van der Waals surface area (Å²) in [6, 6.07) is 1.95. The Kier molecular flexibility index (Phi) is 5.28. The Labute approximate surface area is 121 Å². The van der Waals surface area contributed by atoms with Crippen LogP contribution in [0.25, 0.3) is 0 Å². The fraction of sp³-hybridized carbons (Fsp3) is 0.333. The molecular formula is C12H16N2O6S. The lowest BCUT2D eigenvalue weighted by Gasteiger charge is -2.11. The molecule has 1 rings (SSSR count). The number of rotatable bonds is 6. The Balaban J connectivity index is 3.05. The average molecular weight is 316 g/mol. The molecule has 0 atom stereocenters. The van der Waals surface area contributed by atoms with Crippen molar-refractivity contribution in [1.29, 1.82) is 0 Å². The van der Waals surface area contributed by atoms with Gasteiger partial charge < -0.3 is 15.5 Å². The summed E-state index contributed by atoms with van der Waals surface area (Å²) in [7, 11) is -2.54. The Morgan fingerprint density at radius 1 is 1.29 bits per heavy atom. The lowest BCUT2D eigenvalue weighted by atomic mass is 10.1. The van der Waals surface area contributed by atoms with Crippen LogP contribution in [0.4, 0.5) is 0 Å². The zero-order valence-electron chi connectivity index (χ0n) is 11.5. The Bertz CT molecular complexity index is 669. The maximum Gasteiger partial charge on any atom is 0.339 e. The van der Waals surface area contributed by atoms with Gasteiger partial charge in [0, 0.05) is 20.0 Å². The first-order chi connectivity index (χ1) is 9.69. The molecule has 1 aromatic carbocycles. The fourth-order valence-corrected chi connectivity index (χ4v) is 2.92. The summed E-state index contributed by atoms with van der Waals surface area (Å²) in [6.45, 7) is 1.31. The molecular weight excluding hydrogens is 300 g/mol. The van der Waals surface area contributed by atoms with Gasteiger partial charge in [0.1, 0.15) is 11.3 Å². The van der Waals surface area contributed by atoms with E-state index in [2.05, 4.69) is 10.0 Å². The van der Waals surface area contributed by atoms with Gasteiger partial charge in [0.25, 0.3) is 0 Å². The number of carboxylic acid groups (broad SMARTS) is 1. The van der Waals surface area contributed by atoms with Crippen molar-refractivity contribution in [1.82, 2.24) is 10.0 Å². The standard InChI is InChI=1S/C12H16N2O6S/c1-7-5-9(15)8(12(17)18)6-10(7)21(19,20)14-4-3-11(16)13-2/h5-6,14-15H,3-4H2,1-2H3,(H,13,16)(H,17,18). The quantitative estimate of drug-likeness (QED) is 0.575.